The van der Waals surface area contributed by atoms with E-state index in [0.717, 1.165) is 6.42 Å². The summed E-state index contributed by atoms with van der Waals surface area (Å²) in [5, 5.41) is 8.53. The van der Waals surface area contributed by atoms with Gasteiger partial charge in [-0.1, -0.05) is 6.92 Å². The Labute approximate surface area is 72.6 Å². The summed E-state index contributed by atoms with van der Waals surface area (Å²) in [7, 11) is 0. The first-order chi connectivity index (χ1) is 5.76. The van der Waals surface area contributed by atoms with E-state index in [0.29, 0.717) is 13.0 Å². The molecule has 0 heterocycles. The molecule has 0 unspecified atom stereocenters. The van der Waals surface area contributed by atoms with Gasteiger partial charge < -0.3 is 4.74 Å². The first-order valence-electron chi connectivity index (χ1n) is 4.01. The van der Waals surface area contributed by atoms with Crippen molar-refractivity contribution in [2.24, 2.45) is 0 Å². The van der Waals surface area contributed by atoms with E-state index < -0.39 is 0 Å². The highest BCUT2D eigenvalue weighted by atomic mass is 16.5. The van der Waals surface area contributed by atoms with Crippen molar-refractivity contribution in [1.29, 1.82) is 5.26 Å². The predicted molar refractivity (Wildman–Crippen MR) is 45.2 cm³/mol. The van der Waals surface area contributed by atoms with Crippen LogP contribution in [0.25, 0.3) is 0 Å². The van der Waals surface area contributed by atoms with Crippen LogP contribution in [0.4, 0.5) is 0 Å². The number of rotatable bonds is 5. The van der Waals surface area contributed by atoms with Gasteiger partial charge in [0, 0.05) is 6.42 Å². The average molecular weight is 167 g/mol. The minimum absolute atomic E-state index is 0.110. The lowest BCUT2D eigenvalue weighted by Gasteiger charge is -1.96. The lowest BCUT2D eigenvalue weighted by atomic mass is 10.1. The molecule has 0 aromatic rings. The Morgan fingerprint density at radius 1 is 1.58 bits per heavy atom. The van der Waals surface area contributed by atoms with E-state index in [2.05, 4.69) is 0 Å². The van der Waals surface area contributed by atoms with Gasteiger partial charge in [-0.15, -0.1) is 0 Å². The Bertz CT molecular complexity index is 213. The molecule has 0 spiro atoms. The summed E-state index contributed by atoms with van der Waals surface area (Å²) < 4.78 is 4.85. The zero-order valence-electron chi connectivity index (χ0n) is 7.46. The van der Waals surface area contributed by atoms with Gasteiger partial charge in [-0.2, -0.15) is 5.26 Å². The van der Waals surface area contributed by atoms with Crippen molar-refractivity contribution in [1.82, 2.24) is 0 Å². The summed E-state index contributed by atoms with van der Waals surface area (Å²) in [4.78, 5) is 11.1. The Hall–Kier alpha value is -1.30. The first kappa shape index (κ1) is 10.7. The average Bonchev–Trinajstić information content (AvgIpc) is 2.06. The lowest BCUT2D eigenvalue weighted by Crippen LogP contribution is -2.00. The molecule has 0 bridgehead atoms. The highest BCUT2D eigenvalue weighted by Gasteiger charge is 2.06. The smallest absolute Gasteiger partial charge is 0.176 e. The third kappa shape index (κ3) is 3.77. The van der Waals surface area contributed by atoms with Crippen LogP contribution in [-0.2, 0) is 9.53 Å². The van der Waals surface area contributed by atoms with Crippen LogP contribution in [0.2, 0.25) is 0 Å². The largest absolute Gasteiger partial charge is 0.500 e. The second kappa shape index (κ2) is 6.41. The minimum Gasteiger partial charge on any atom is -0.500 e. The van der Waals surface area contributed by atoms with Crippen molar-refractivity contribution in [2.45, 2.75) is 26.7 Å². The van der Waals surface area contributed by atoms with Gasteiger partial charge in [-0.3, -0.25) is 4.79 Å². The van der Waals surface area contributed by atoms with E-state index >= 15 is 0 Å². The molecule has 0 fully saturated rings. The van der Waals surface area contributed by atoms with Crippen molar-refractivity contribution < 1.29 is 9.53 Å². The molecule has 0 aromatic carbocycles. The van der Waals surface area contributed by atoms with Gasteiger partial charge >= 0.3 is 0 Å². The Morgan fingerprint density at radius 2 is 2.25 bits per heavy atom. The number of Topliss-reactive ketones (excluding diaryl/α,β-unsaturated/α-hetero) is 1. The molecule has 66 valence electrons. The Balaban J connectivity index is 4.16. The number of ether oxygens (including phenoxy) is 1. The van der Waals surface area contributed by atoms with Gasteiger partial charge in [0.2, 0.25) is 0 Å². The molecular formula is C9H13NO2. The van der Waals surface area contributed by atoms with Crippen molar-refractivity contribution in [3.8, 4) is 6.07 Å². The molecule has 0 rings (SSSR count). The number of carbonyl (C=O) groups excluding carboxylic acids is 1. The number of hydrogen-bond acceptors (Lipinski definition) is 3. The van der Waals surface area contributed by atoms with Gasteiger partial charge in [-0.25, -0.2) is 0 Å². The lowest BCUT2D eigenvalue weighted by molar-refractivity contribution is -0.115. The van der Waals surface area contributed by atoms with Crippen LogP contribution in [0, 0.1) is 11.3 Å². The Morgan fingerprint density at radius 3 is 2.67 bits per heavy atom. The second-order valence-electron chi connectivity index (χ2n) is 2.27. The van der Waals surface area contributed by atoms with Crippen LogP contribution in [0.15, 0.2) is 11.8 Å². The van der Waals surface area contributed by atoms with E-state index in [1.54, 1.807) is 6.92 Å². The van der Waals surface area contributed by atoms with Crippen LogP contribution >= 0.6 is 0 Å². The maximum atomic E-state index is 11.1. The third-order valence-electron chi connectivity index (χ3n) is 1.27. The van der Waals surface area contributed by atoms with Crippen molar-refractivity contribution in [3.63, 3.8) is 0 Å². The molecule has 0 N–H and O–H groups in total. The van der Waals surface area contributed by atoms with Crippen LogP contribution < -0.4 is 0 Å². The molecule has 0 aromatic heterocycles. The summed E-state index contributed by atoms with van der Waals surface area (Å²) in [6.45, 7) is 4.17. The van der Waals surface area contributed by atoms with E-state index in [4.69, 9.17) is 10.00 Å². The summed E-state index contributed by atoms with van der Waals surface area (Å²) in [6, 6.07) is 1.81. The fraction of sp³-hybridized carbons (Fsp3) is 0.556. The number of allylic oxidation sites excluding steroid dienone is 1. The third-order valence-corrected chi connectivity index (χ3v) is 1.27. The molecule has 12 heavy (non-hydrogen) atoms. The zero-order valence-corrected chi connectivity index (χ0v) is 7.46. The highest BCUT2D eigenvalue weighted by molar-refractivity contribution is 5.98. The van der Waals surface area contributed by atoms with Gasteiger partial charge in [0.25, 0.3) is 0 Å². The van der Waals surface area contributed by atoms with E-state index in [1.165, 1.54) is 6.26 Å². The maximum Gasteiger partial charge on any atom is 0.176 e. The van der Waals surface area contributed by atoms with E-state index in [9.17, 15) is 4.79 Å². The topological polar surface area (TPSA) is 50.1 Å². The minimum atomic E-state index is -0.145. The van der Waals surface area contributed by atoms with Crippen molar-refractivity contribution in [3.05, 3.63) is 11.8 Å². The highest BCUT2D eigenvalue weighted by Crippen LogP contribution is 2.01. The first-order valence-corrected chi connectivity index (χ1v) is 4.01. The second-order valence-corrected chi connectivity index (χ2v) is 2.27. The number of nitrogens with zero attached hydrogens (tertiary/aromatic N) is 1. The van der Waals surface area contributed by atoms with E-state index in [-0.39, 0.29) is 11.4 Å². The molecule has 0 amide bonds. The molecular weight excluding hydrogens is 154 g/mol. The predicted octanol–water partition coefficient (Wildman–Crippen LogP) is 1.80. The zero-order chi connectivity index (χ0) is 9.40. The molecule has 0 saturated heterocycles. The SMILES string of the molecule is CCCC(=O)/C(C#N)=C/OCC. The summed E-state index contributed by atoms with van der Waals surface area (Å²) in [5.41, 5.74) is 0.110. The molecule has 0 aliphatic rings. The number of hydrogen-bond donors (Lipinski definition) is 0. The van der Waals surface area contributed by atoms with Crippen LogP contribution in [0.1, 0.15) is 26.7 Å². The fourth-order valence-electron chi connectivity index (χ4n) is 0.683. The maximum absolute atomic E-state index is 11.1. The van der Waals surface area contributed by atoms with Crippen LogP contribution in [0.3, 0.4) is 0 Å². The van der Waals surface area contributed by atoms with E-state index in [1.807, 2.05) is 13.0 Å². The molecule has 0 saturated carbocycles. The standard InChI is InChI=1S/C9H13NO2/c1-3-5-9(11)8(6-10)7-12-4-2/h7H,3-5H2,1-2H3/b8-7+. The summed E-state index contributed by atoms with van der Waals surface area (Å²) >= 11 is 0. The number of nitriles is 1. The van der Waals surface area contributed by atoms with Gasteiger partial charge in [0.15, 0.2) is 5.78 Å². The number of ketones is 1. The summed E-state index contributed by atoms with van der Waals surface area (Å²) in [5.74, 6) is -0.145. The monoisotopic (exact) mass is 167 g/mol. The molecule has 0 aliphatic carbocycles. The quantitative estimate of drug-likeness (QED) is 0.356. The van der Waals surface area contributed by atoms with Crippen LogP contribution in [0.5, 0.6) is 0 Å². The van der Waals surface area contributed by atoms with Crippen molar-refractivity contribution >= 4 is 5.78 Å². The molecule has 3 nitrogen and oxygen atoms in total. The summed E-state index contributed by atoms with van der Waals surface area (Å²) in [6.07, 6.45) is 2.40. The number of carbonyl (C=O) groups is 1. The molecule has 3 heteroatoms. The Kier molecular flexibility index (Phi) is 5.72. The van der Waals surface area contributed by atoms with Gasteiger partial charge in [-0.05, 0) is 13.3 Å². The normalized spacial score (nSPS) is 10.6. The van der Waals surface area contributed by atoms with Crippen LogP contribution in [-0.4, -0.2) is 12.4 Å². The molecule has 0 atom stereocenters. The fourth-order valence-corrected chi connectivity index (χ4v) is 0.683. The molecule has 0 radical (unpaired) electrons. The van der Waals surface area contributed by atoms with Gasteiger partial charge in [0.05, 0.1) is 6.61 Å². The molecule has 0 aliphatic heterocycles. The van der Waals surface area contributed by atoms with Gasteiger partial charge in [0.1, 0.15) is 17.9 Å². The van der Waals surface area contributed by atoms with Crippen molar-refractivity contribution in [2.75, 3.05) is 6.61 Å².